The summed E-state index contributed by atoms with van der Waals surface area (Å²) >= 11 is 13.2. The molecule has 2 amide bonds. The zero-order valence-corrected chi connectivity index (χ0v) is 19.6. The third-order valence-electron chi connectivity index (χ3n) is 4.34. The van der Waals surface area contributed by atoms with Gasteiger partial charge in [-0.2, -0.15) is 0 Å². The van der Waals surface area contributed by atoms with Gasteiger partial charge < -0.3 is 20.1 Å². The first-order valence-electron chi connectivity index (χ1n) is 9.41. The average molecular weight is 491 g/mol. The molecule has 0 saturated heterocycles. The minimum Gasteiger partial charge on any atom is -0.493 e. The first-order chi connectivity index (χ1) is 15.4. The second-order valence-corrected chi connectivity index (χ2v) is 8.32. The van der Waals surface area contributed by atoms with Gasteiger partial charge in [-0.1, -0.05) is 35.3 Å². The summed E-state index contributed by atoms with van der Waals surface area (Å²) in [6, 6.07) is 17.0. The van der Waals surface area contributed by atoms with E-state index in [4.69, 9.17) is 32.7 Å². The number of hydrogen-bond donors (Lipinski definition) is 2. The van der Waals surface area contributed by atoms with Crippen LogP contribution in [-0.4, -0.2) is 31.8 Å². The van der Waals surface area contributed by atoms with E-state index in [1.807, 2.05) is 6.07 Å². The predicted molar refractivity (Wildman–Crippen MR) is 130 cm³/mol. The lowest BCUT2D eigenvalue weighted by Gasteiger charge is -2.12. The maximum atomic E-state index is 12.8. The molecular weight excluding hydrogens is 471 g/mol. The highest BCUT2D eigenvalue weighted by atomic mass is 35.5. The Morgan fingerprint density at radius 3 is 2.25 bits per heavy atom. The van der Waals surface area contributed by atoms with Crippen molar-refractivity contribution >= 4 is 58.2 Å². The maximum absolute atomic E-state index is 12.8. The van der Waals surface area contributed by atoms with Crippen molar-refractivity contribution < 1.29 is 19.1 Å². The zero-order chi connectivity index (χ0) is 23.1. The predicted octanol–water partition coefficient (Wildman–Crippen LogP) is 5.99. The van der Waals surface area contributed by atoms with Crippen molar-refractivity contribution in [2.75, 3.05) is 30.6 Å². The smallest absolute Gasteiger partial charge is 0.256 e. The molecule has 0 spiro atoms. The molecular formula is C23H20Cl2N2O4S. The summed E-state index contributed by atoms with van der Waals surface area (Å²) in [6.45, 7) is 0. The Bertz CT molecular complexity index is 1140. The number of thioether (sulfide) groups is 1. The van der Waals surface area contributed by atoms with Gasteiger partial charge in [0, 0.05) is 22.3 Å². The van der Waals surface area contributed by atoms with E-state index in [1.165, 1.54) is 18.9 Å². The average Bonchev–Trinajstić information content (AvgIpc) is 2.80. The van der Waals surface area contributed by atoms with Crippen LogP contribution in [0.2, 0.25) is 10.0 Å². The molecule has 166 valence electrons. The van der Waals surface area contributed by atoms with Crippen LogP contribution in [-0.2, 0) is 4.79 Å². The van der Waals surface area contributed by atoms with Gasteiger partial charge in [-0.05, 0) is 42.5 Å². The molecule has 3 rings (SSSR count). The fraction of sp³-hybridized carbons (Fsp3) is 0.130. The molecule has 0 heterocycles. The van der Waals surface area contributed by atoms with Crippen molar-refractivity contribution in [1.29, 1.82) is 0 Å². The van der Waals surface area contributed by atoms with Crippen LogP contribution in [0, 0.1) is 0 Å². The number of amides is 2. The number of rotatable bonds is 8. The van der Waals surface area contributed by atoms with Crippen LogP contribution in [0.5, 0.6) is 11.5 Å². The summed E-state index contributed by atoms with van der Waals surface area (Å²) < 4.78 is 10.4. The first kappa shape index (κ1) is 23.8. The van der Waals surface area contributed by atoms with E-state index in [-0.39, 0.29) is 17.6 Å². The quantitative estimate of drug-likeness (QED) is 0.379. The highest BCUT2D eigenvalue weighted by molar-refractivity contribution is 8.00. The molecule has 0 saturated carbocycles. The molecule has 32 heavy (non-hydrogen) atoms. The maximum Gasteiger partial charge on any atom is 0.256 e. The standard InChI is InChI=1S/C23H20Cl2N2O4S/c1-30-19-10-8-15(12-20(19)31-2)26-22(28)13-32-21-6-4-3-5-16(21)23(29)27-14-7-9-17(24)18(25)11-14/h3-12H,13H2,1-2H3,(H,26,28)(H,27,29). The number of benzene rings is 3. The van der Waals surface area contributed by atoms with Crippen LogP contribution in [0.3, 0.4) is 0 Å². The zero-order valence-electron chi connectivity index (χ0n) is 17.3. The Morgan fingerprint density at radius 1 is 0.844 bits per heavy atom. The van der Waals surface area contributed by atoms with Crippen molar-refractivity contribution in [2.45, 2.75) is 4.90 Å². The van der Waals surface area contributed by atoms with E-state index < -0.39 is 0 Å². The summed E-state index contributed by atoms with van der Waals surface area (Å²) in [6.07, 6.45) is 0. The van der Waals surface area contributed by atoms with E-state index >= 15 is 0 Å². The summed E-state index contributed by atoms with van der Waals surface area (Å²) in [5, 5.41) is 6.36. The molecule has 0 aromatic heterocycles. The van der Waals surface area contributed by atoms with Crippen molar-refractivity contribution in [2.24, 2.45) is 0 Å². The van der Waals surface area contributed by atoms with Crippen molar-refractivity contribution in [3.05, 3.63) is 76.3 Å². The Balaban J connectivity index is 1.65. The molecule has 0 aliphatic heterocycles. The van der Waals surface area contributed by atoms with Crippen LogP contribution in [0.25, 0.3) is 0 Å². The van der Waals surface area contributed by atoms with Gasteiger partial charge in [0.05, 0.1) is 35.6 Å². The van der Waals surface area contributed by atoms with E-state index in [1.54, 1.807) is 61.7 Å². The molecule has 6 nitrogen and oxygen atoms in total. The van der Waals surface area contributed by atoms with Crippen LogP contribution in [0.1, 0.15) is 10.4 Å². The summed E-state index contributed by atoms with van der Waals surface area (Å²) in [5.41, 5.74) is 1.55. The number of ether oxygens (including phenoxy) is 2. The molecule has 0 aliphatic rings. The molecule has 3 aromatic rings. The fourth-order valence-corrected chi connectivity index (χ4v) is 3.95. The number of halogens is 2. The number of hydrogen-bond acceptors (Lipinski definition) is 5. The second kappa shape index (κ2) is 11.1. The molecule has 0 fully saturated rings. The Kier molecular flexibility index (Phi) is 8.27. The SMILES string of the molecule is COc1ccc(NC(=O)CSc2ccccc2C(=O)Nc2ccc(Cl)c(Cl)c2)cc1OC. The van der Waals surface area contributed by atoms with E-state index in [9.17, 15) is 9.59 Å². The van der Waals surface area contributed by atoms with Gasteiger partial charge in [-0.15, -0.1) is 11.8 Å². The third kappa shape index (κ3) is 6.09. The number of methoxy groups -OCH3 is 2. The monoisotopic (exact) mass is 490 g/mol. The van der Waals surface area contributed by atoms with Gasteiger partial charge >= 0.3 is 0 Å². The summed E-state index contributed by atoms with van der Waals surface area (Å²) in [5.74, 6) is 0.670. The van der Waals surface area contributed by atoms with Gasteiger partial charge in [0.1, 0.15) is 0 Å². The van der Waals surface area contributed by atoms with E-state index in [2.05, 4.69) is 10.6 Å². The normalized spacial score (nSPS) is 10.4. The van der Waals surface area contributed by atoms with Crippen LogP contribution in [0.4, 0.5) is 11.4 Å². The van der Waals surface area contributed by atoms with Gasteiger partial charge in [0.15, 0.2) is 11.5 Å². The molecule has 0 radical (unpaired) electrons. The van der Waals surface area contributed by atoms with E-state index in [0.29, 0.717) is 43.4 Å². The Labute approximate surface area is 200 Å². The summed E-state index contributed by atoms with van der Waals surface area (Å²) in [7, 11) is 3.07. The van der Waals surface area contributed by atoms with Gasteiger partial charge in [-0.3, -0.25) is 9.59 Å². The van der Waals surface area contributed by atoms with Gasteiger partial charge in [-0.25, -0.2) is 0 Å². The lowest BCUT2D eigenvalue weighted by Crippen LogP contribution is -2.16. The third-order valence-corrected chi connectivity index (χ3v) is 6.15. The molecule has 3 aromatic carbocycles. The lowest BCUT2D eigenvalue weighted by molar-refractivity contribution is -0.113. The molecule has 2 N–H and O–H groups in total. The van der Waals surface area contributed by atoms with Gasteiger partial charge in [0.25, 0.3) is 5.91 Å². The van der Waals surface area contributed by atoms with Crippen LogP contribution in [0.15, 0.2) is 65.6 Å². The largest absolute Gasteiger partial charge is 0.493 e. The van der Waals surface area contributed by atoms with Crippen LogP contribution < -0.4 is 20.1 Å². The fourth-order valence-electron chi connectivity index (χ4n) is 2.81. The molecule has 0 bridgehead atoms. The number of carbonyl (C=O) groups excluding carboxylic acids is 2. The topological polar surface area (TPSA) is 76.7 Å². The van der Waals surface area contributed by atoms with Crippen molar-refractivity contribution in [1.82, 2.24) is 0 Å². The first-order valence-corrected chi connectivity index (χ1v) is 11.2. The summed E-state index contributed by atoms with van der Waals surface area (Å²) in [4.78, 5) is 25.9. The Hall–Kier alpha value is -2.87. The minimum absolute atomic E-state index is 0.116. The molecule has 9 heteroatoms. The number of anilines is 2. The van der Waals surface area contributed by atoms with Crippen LogP contribution >= 0.6 is 35.0 Å². The molecule has 0 aliphatic carbocycles. The molecule has 0 atom stereocenters. The number of carbonyl (C=O) groups is 2. The van der Waals surface area contributed by atoms with Gasteiger partial charge in [0.2, 0.25) is 5.91 Å². The minimum atomic E-state index is -0.313. The second-order valence-electron chi connectivity index (χ2n) is 6.49. The molecule has 0 unspecified atom stereocenters. The van der Waals surface area contributed by atoms with E-state index in [0.717, 1.165) is 0 Å². The Morgan fingerprint density at radius 2 is 1.53 bits per heavy atom. The highest BCUT2D eigenvalue weighted by Crippen LogP contribution is 2.30. The lowest BCUT2D eigenvalue weighted by atomic mass is 10.2. The van der Waals surface area contributed by atoms with Crippen molar-refractivity contribution in [3.8, 4) is 11.5 Å². The van der Waals surface area contributed by atoms with Crippen molar-refractivity contribution in [3.63, 3.8) is 0 Å². The highest BCUT2D eigenvalue weighted by Gasteiger charge is 2.14. The number of nitrogens with one attached hydrogen (secondary N) is 2.